The summed E-state index contributed by atoms with van der Waals surface area (Å²) in [4.78, 5) is 19.2. The highest BCUT2D eigenvalue weighted by Crippen LogP contribution is 2.36. The highest BCUT2D eigenvalue weighted by molar-refractivity contribution is 6.09. The number of carbonyl (C=O) groups excluding carboxylic acids is 1. The molecule has 0 fully saturated rings. The third-order valence-electron chi connectivity index (χ3n) is 5.96. The fourth-order valence-electron chi connectivity index (χ4n) is 4.21. The van der Waals surface area contributed by atoms with Crippen LogP contribution in [0.5, 0.6) is 11.5 Å². The number of aromatic nitrogens is 4. The van der Waals surface area contributed by atoms with Gasteiger partial charge < -0.3 is 15.1 Å². The second-order valence-corrected chi connectivity index (χ2v) is 8.31. The largest absolute Gasteiger partial charge is 0.508 e. The molecule has 166 valence electrons. The number of benzene rings is 2. The first-order valence-electron chi connectivity index (χ1n) is 10.7. The Kier molecular flexibility index (Phi) is 5.05. The monoisotopic (exact) mass is 441 g/mol. The number of carbonyl (C=O) groups is 1. The smallest absolute Gasteiger partial charge is 0.262 e. The molecule has 8 heteroatoms. The molecular formula is C25H23N5O3. The molecule has 0 unspecified atom stereocenters. The van der Waals surface area contributed by atoms with Crippen LogP contribution in [0.1, 0.15) is 35.0 Å². The van der Waals surface area contributed by atoms with Gasteiger partial charge in [0, 0.05) is 29.6 Å². The number of anilines is 1. The van der Waals surface area contributed by atoms with Gasteiger partial charge in [0.15, 0.2) is 5.82 Å². The van der Waals surface area contributed by atoms with E-state index in [1.807, 2.05) is 54.9 Å². The maximum absolute atomic E-state index is 13.3. The molecule has 33 heavy (non-hydrogen) atoms. The molecular weight excluding hydrogens is 418 g/mol. The van der Waals surface area contributed by atoms with Gasteiger partial charge in [-0.3, -0.25) is 9.36 Å². The zero-order chi connectivity index (χ0) is 23.1. The van der Waals surface area contributed by atoms with Crippen molar-refractivity contribution in [1.29, 1.82) is 0 Å². The second kappa shape index (κ2) is 8.05. The Labute approximate surface area is 190 Å². The van der Waals surface area contributed by atoms with E-state index in [9.17, 15) is 15.0 Å². The molecule has 4 aromatic rings. The summed E-state index contributed by atoms with van der Waals surface area (Å²) in [7, 11) is 0. The van der Waals surface area contributed by atoms with Crippen molar-refractivity contribution in [3.8, 4) is 28.6 Å². The summed E-state index contributed by atoms with van der Waals surface area (Å²) in [6.45, 7) is 3.91. The van der Waals surface area contributed by atoms with Crippen molar-refractivity contribution >= 4 is 11.6 Å². The van der Waals surface area contributed by atoms with Crippen LogP contribution in [-0.4, -0.2) is 41.9 Å². The topological polar surface area (TPSA) is 104 Å². The van der Waals surface area contributed by atoms with Crippen LogP contribution in [0.3, 0.4) is 0 Å². The maximum atomic E-state index is 13.3. The van der Waals surface area contributed by atoms with Crippen molar-refractivity contribution < 1.29 is 15.0 Å². The quantitative estimate of drug-likeness (QED) is 0.497. The van der Waals surface area contributed by atoms with Gasteiger partial charge in [-0.1, -0.05) is 6.07 Å². The summed E-state index contributed by atoms with van der Waals surface area (Å²) in [5, 5.41) is 28.5. The Balaban J connectivity index is 1.46. The van der Waals surface area contributed by atoms with E-state index in [2.05, 4.69) is 15.2 Å². The number of hydrogen-bond donors (Lipinski definition) is 2. The van der Waals surface area contributed by atoms with E-state index >= 15 is 0 Å². The summed E-state index contributed by atoms with van der Waals surface area (Å²) in [6.07, 6.45) is 5.22. The molecule has 5 rings (SSSR count). The van der Waals surface area contributed by atoms with Gasteiger partial charge in [-0.05, 0) is 68.7 Å². The van der Waals surface area contributed by atoms with Crippen LogP contribution in [0.15, 0.2) is 61.1 Å². The standard InChI is InChI=1S/C25H23N5O3/c1-15-13-29(14-26-15)24-10-8-21(27-28-24)17-5-9-22-18(11-17)4-3-16(2)30(22)25(33)20-7-6-19(31)12-23(20)32/h5-14,16,31-32H,3-4H2,1-2H3/t16-/m0/s1. The van der Waals surface area contributed by atoms with E-state index in [0.717, 1.165) is 41.0 Å². The average Bonchev–Trinajstić information content (AvgIpc) is 3.25. The SMILES string of the molecule is Cc1cn(-c2ccc(-c3ccc4c(c3)CC[C@H](C)N4C(=O)c3ccc(O)cc3O)nn2)cn1. The van der Waals surface area contributed by atoms with Crippen LogP contribution in [0.25, 0.3) is 17.1 Å². The Morgan fingerprint density at radius 1 is 1.06 bits per heavy atom. The first-order valence-corrected chi connectivity index (χ1v) is 10.7. The number of rotatable bonds is 3. The molecule has 0 saturated heterocycles. The number of imidazole rings is 1. The van der Waals surface area contributed by atoms with E-state index in [4.69, 9.17) is 0 Å². The third-order valence-corrected chi connectivity index (χ3v) is 5.96. The summed E-state index contributed by atoms with van der Waals surface area (Å²) in [5.74, 6) is 0.0700. The van der Waals surface area contributed by atoms with Crippen molar-refractivity contribution in [3.63, 3.8) is 0 Å². The molecule has 2 N–H and O–H groups in total. The molecule has 1 aliphatic rings. The van der Waals surface area contributed by atoms with E-state index < -0.39 is 0 Å². The zero-order valence-electron chi connectivity index (χ0n) is 18.3. The molecule has 0 bridgehead atoms. The van der Waals surface area contributed by atoms with Gasteiger partial charge in [-0.15, -0.1) is 10.2 Å². The van der Waals surface area contributed by atoms with Crippen LogP contribution in [0.4, 0.5) is 5.69 Å². The highest BCUT2D eigenvalue weighted by Gasteiger charge is 2.30. The maximum Gasteiger partial charge on any atom is 0.262 e. The molecule has 1 amide bonds. The predicted octanol–water partition coefficient (Wildman–Crippen LogP) is 4.03. The lowest BCUT2D eigenvalue weighted by molar-refractivity contribution is 0.0972. The van der Waals surface area contributed by atoms with Crippen LogP contribution < -0.4 is 4.90 Å². The number of phenolic OH excluding ortho intramolecular Hbond substituents is 2. The number of phenols is 2. The molecule has 1 atom stereocenters. The van der Waals surface area contributed by atoms with Crippen LogP contribution in [0, 0.1) is 6.92 Å². The minimum absolute atomic E-state index is 0.0261. The highest BCUT2D eigenvalue weighted by atomic mass is 16.3. The van der Waals surface area contributed by atoms with Gasteiger partial charge in [0.2, 0.25) is 0 Å². The number of aryl methyl sites for hydroxylation is 2. The van der Waals surface area contributed by atoms with Gasteiger partial charge in [0.1, 0.15) is 17.8 Å². The predicted molar refractivity (Wildman–Crippen MR) is 124 cm³/mol. The van der Waals surface area contributed by atoms with Crippen molar-refractivity contribution in [2.75, 3.05) is 4.90 Å². The summed E-state index contributed by atoms with van der Waals surface area (Å²) >= 11 is 0. The van der Waals surface area contributed by atoms with Gasteiger partial charge in [0.05, 0.1) is 17.0 Å². The van der Waals surface area contributed by atoms with Gasteiger partial charge in [-0.2, -0.15) is 0 Å². The van der Waals surface area contributed by atoms with E-state index in [1.54, 1.807) is 11.2 Å². The zero-order valence-corrected chi connectivity index (χ0v) is 18.3. The lowest BCUT2D eigenvalue weighted by atomic mass is 9.93. The fourth-order valence-corrected chi connectivity index (χ4v) is 4.21. The number of fused-ring (bicyclic) bond motifs is 1. The van der Waals surface area contributed by atoms with E-state index in [0.29, 0.717) is 5.82 Å². The van der Waals surface area contributed by atoms with Crippen molar-refractivity contribution in [1.82, 2.24) is 19.7 Å². The van der Waals surface area contributed by atoms with Crippen LogP contribution in [-0.2, 0) is 6.42 Å². The number of aromatic hydroxyl groups is 2. The van der Waals surface area contributed by atoms with Crippen LogP contribution in [0.2, 0.25) is 0 Å². The molecule has 2 aromatic heterocycles. The summed E-state index contributed by atoms with van der Waals surface area (Å²) in [6, 6.07) is 13.7. The van der Waals surface area contributed by atoms with Gasteiger partial charge in [-0.25, -0.2) is 4.98 Å². The first-order chi connectivity index (χ1) is 15.9. The number of hydrogen-bond acceptors (Lipinski definition) is 6. The Morgan fingerprint density at radius 3 is 2.61 bits per heavy atom. The lowest BCUT2D eigenvalue weighted by Crippen LogP contribution is -2.42. The fraction of sp³-hybridized carbons (Fsp3) is 0.200. The molecule has 1 aliphatic heterocycles. The number of nitrogens with zero attached hydrogens (tertiary/aromatic N) is 5. The molecule has 8 nitrogen and oxygen atoms in total. The Morgan fingerprint density at radius 2 is 1.91 bits per heavy atom. The molecule has 0 aliphatic carbocycles. The molecule has 2 aromatic carbocycles. The van der Waals surface area contributed by atoms with Crippen molar-refractivity contribution in [2.45, 2.75) is 32.7 Å². The van der Waals surface area contributed by atoms with Crippen molar-refractivity contribution in [2.24, 2.45) is 0 Å². The summed E-state index contributed by atoms with van der Waals surface area (Å²) in [5.41, 5.74) is 4.58. The lowest BCUT2D eigenvalue weighted by Gasteiger charge is -2.35. The average molecular weight is 441 g/mol. The second-order valence-electron chi connectivity index (χ2n) is 8.31. The first kappa shape index (κ1) is 20.7. The minimum atomic E-state index is -0.298. The molecule has 3 heterocycles. The van der Waals surface area contributed by atoms with E-state index in [-0.39, 0.29) is 29.0 Å². The third kappa shape index (κ3) is 3.80. The van der Waals surface area contributed by atoms with Crippen LogP contribution >= 0.6 is 0 Å². The molecule has 0 spiro atoms. The van der Waals surface area contributed by atoms with Gasteiger partial charge in [0.25, 0.3) is 5.91 Å². The molecule has 0 saturated carbocycles. The normalized spacial score (nSPS) is 15.3. The van der Waals surface area contributed by atoms with Gasteiger partial charge >= 0.3 is 0 Å². The molecule has 0 radical (unpaired) electrons. The van der Waals surface area contributed by atoms with E-state index in [1.165, 1.54) is 18.2 Å². The minimum Gasteiger partial charge on any atom is -0.508 e. The number of amides is 1. The Bertz CT molecular complexity index is 1350. The van der Waals surface area contributed by atoms with Crippen molar-refractivity contribution in [3.05, 3.63) is 77.9 Å². The summed E-state index contributed by atoms with van der Waals surface area (Å²) < 4.78 is 1.82. The Hall–Kier alpha value is -4.20.